The summed E-state index contributed by atoms with van der Waals surface area (Å²) in [5.74, 6) is 0.0451. The maximum Gasteiger partial charge on any atom is 0.169 e. The summed E-state index contributed by atoms with van der Waals surface area (Å²) in [6.45, 7) is 3.76. The highest BCUT2D eigenvalue weighted by Crippen LogP contribution is 2.23. The molecule has 0 aliphatic rings. The van der Waals surface area contributed by atoms with Gasteiger partial charge in [-0.3, -0.25) is 9.48 Å². The first kappa shape index (κ1) is 14.3. The minimum atomic E-state index is 0.0451. The Bertz CT molecular complexity index is 649. The largest absolute Gasteiger partial charge is 0.294 e. The summed E-state index contributed by atoms with van der Waals surface area (Å²) in [5.41, 5.74) is 3.17. The van der Waals surface area contributed by atoms with Crippen molar-refractivity contribution in [1.29, 1.82) is 0 Å². The molecule has 5 heteroatoms. The van der Waals surface area contributed by atoms with Gasteiger partial charge in [0.25, 0.3) is 0 Å². The number of carbonyl (C=O) groups excluding carboxylic acids is 1. The molecule has 0 saturated heterocycles. The van der Waals surface area contributed by atoms with Crippen molar-refractivity contribution in [2.75, 3.05) is 0 Å². The molecule has 0 atom stereocenters. The number of hydrogen-bond acceptors (Lipinski definition) is 2. The summed E-state index contributed by atoms with van der Waals surface area (Å²) >= 11 is 9.56. The summed E-state index contributed by atoms with van der Waals surface area (Å²) in [6, 6.07) is 5.69. The van der Waals surface area contributed by atoms with Gasteiger partial charge >= 0.3 is 0 Å². The van der Waals surface area contributed by atoms with Gasteiger partial charge < -0.3 is 0 Å². The van der Waals surface area contributed by atoms with Gasteiger partial charge in [-0.2, -0.15) is 5.10 Å². The molecule has 3 nitrogen and oxygen atoms in total. The Morgan fingerprint density at radius 3 is 2.68 bits per heavy atom. The van der Waals surface area contributed by atoms with Crippen molar-refractivity contribution >= 4 is 33.3 Å². The number of aryl methyl sites for hydroxylation is 3. The molecule has 1 aromatic heterocycles. The van der Waals surface area contributed by atoms with Crippen LogP contribution in [0.5, 0.6) is 0 Å². The number of rotatable bonds is 3. The van der Waals surface area contributed by atoms with Crippen molar-refractivity contribution in [3.63, 3.8) is 0 Å². The van der Waals surface area contributed by atoms with E-state index < -0.39 is 0 Å². The molecule has 1 aromatic carbocycles. The van der Waals surface area contributed by atoms with Crippen molar-refractivity contribution < 1.29 is 4.79 Å². The zero-order valence-electron chi connectivity index (χ0n) is 11.0. The van der Waals surface area contributed by atoms with E-state index >= 15 is 0 Å². The Labute approximate surface area is 125 Å². The highest BCUT2D eigenvalue weighted by atomic mass is 79.9. The van der Waals surface area contributed by atoms with E-state index in [-0.39, 0.29) is 12.2 Å². The van der Waals surface area contributed by atoms with Gasteiger partial charge in [0.1, 0.15) is 0 Å². The van der Waals surface area contributed by atoms with Crippen molar-refractivity contribution in [3.05, 3.63) is 50.2 Å². The van der Waals surface area contributed by atoms with Crippen LogP contribution in [0.25, 0.3) is 0 Å². The van der Waals surface area contributed by atoms with Gasteiger partial charge in [-0.1, -0.05) is 33.6 Å². The monoisotopic (exact) mass is 340 g/mol. The second kappa shape index (κ2) is 5.47. The summed E-state index contributed by atoms with van der Waals surface area (Å²) in [6.07, 6.45) is 0.257. The van der Waals surface area contributed by atoms with E-state index in [0.717, 1.165) is 21.4 Å². The molecule has 1 heterocycles. The van der Waals surface area contributed by atoms with E-state index in [1.807, 2.05) is 32.0 Å². The lowest BCUT2D eigenvalue weighted by atomic mass is 10.0. The average molecular weight is 342 g/mol. The second-order valence-electron chi connectivity index (χ2n) is 4.53. The highest BCUT2D eigenvalue weighted by molar-refractivity contribution is 9.10. The molecule has 0 spiro atoms. The number of carbonyl (C=O) groups is 1. The van der Waals surface area contributed by atoms with Crippen molar-refractivity contribution in [2.45, 2.75) is 20.3 Å². The summed E-state index contributed by atoms with van der Waals surface area (Å²) in [5, 5.41) is 4.79. The molecule has 2 aromatic rings. The third-order valence-electron chi connectivity index (χ3n) is 3.09. The number of Topliss-reactive ketones (excluding diaryl/α,β-unsaturated/α-hetero) is 1. The molecule has 0 amide bonds. The topological polar surface area (TPSA) is 34.9 Å². The van der Waals surface area contributed by atoms with Gasteiger partial charge in [-0.25, -0.2) is 0 Å². The van der Waals surface area contributed by atoms with E-state index in [2.05, 4.69) is 21.0 Å². The lowest BCUT2D eigenvalue weighted by molar-refractivity contribution is 0.0990. The quantitative estimate of drug-likeness (QED) is 0.794. The lowest BCUT2D eigenvalue weighted by Gasteiger charge is -2.06. The molecule has 0 aliphatic carbocycles. The first-order valence-corrected chi connectivity index (χ1v) is 7.04. The fourth-order valence-electron chi connectivity index (χ4n) is 2.01. The van der Waals surface area contributed by atoms with Crippen LogP contribution in [0.4, 0.5) is 0 Å². The lowest BCUT2D eigenvalue weighted by Crippen LogP contribution is -2.09. The molecule has 2 rings (SSSR count). The molecule has 19 heavy (non-hydrogen) atoms. The molecule has 0 bridgehead atoms. The van der Waals surface area contributed by atoms with E-state index in [1.165, 1.54) is 0 Å². The third-order valence-corrected chi connectivity index (χ3v) is 4.07. The predicted octanol–water partition coefficient (Wildman–Crippen LogP) is 3.88. The van der Waals surface area contributed by atoms with Gasteiger partial charge in [0.05, 0.1) is 22.8 Å². The molecule has 100 valence electrons. The van der Waals surface area contributed by atoms with Crippen molar-refractivity contribution in [3.8, 4) is 0 Å². The molecule has 0 N–H and O–H groups in total. The SMILES string of the molecule is Cc1ccc(Br)cc1C(=O)Cc1c(Cl)c(C)nn1C. The molecular weight excluding hydrogens is 328 g/mol. The van der Waals surface area contributed by atoms with Crippen LogP contribution in [0.2, 0.25) is 5.02 Å². The zero-order chi connectivity index (χ0) is 14.2. The zero-order valence-corrected chi connectivity index (χ0v) is 13.3. The van der Waals surface area contributed by atoms with Crippen LogP contribution in [-0.2, 0) is 13.5 Å². The van der Waals surface area contributed by atoms with Gasteiger partial charge in [0, 0.05) is 17.1 Å². The normalized spacial score (nSPS) is 10.8. The molecule has 0 radical (unpaired) electrons. The predicted molar refractivity (Wildman–Crippen MR) is 79.9 cm³/mol. The van der Waals surface area contributed by atoms with E-state index in [4.69, 9.17) is 11.6 Å². The number of benzene rings is 1. The Hall–Kier alpha value is -1.13. The number of halogens is 2. The second-order valence-corrected chi connectivity index (χ2v) is 5.82. The van der Waals surface area contributed by atoms with Gasteiger partial charge in [0.15, 0.2) is 5.78 Å². The van der Waals surface area contributed by atoms with Crippen LogP contribution in [0.15, 0.2) is 22.7 Å². The standard InChI is InChI=1S/C14H14BrClN2O/c1-8-4-5-10(15)6-11(8)13(19)7-12-14(16)9(2)17-18(12)3/h4-6H,7H2,1-3H3. The molecule has 0 aliphatic heterocycles. The number of aromatic nitrogens is 2. The van der Waals surface area contributed by atoms with E-state index in [0.29, 0.717) is 10.6 Å². The summed E-state index contributed by atoms with van der Waals surface area (Å²) in [4.78, 5) is 12.4. The highest BCUT2D eigenvalue weighted by Gasteiger charge is 2.17. The van der Waals surface area contributed by atoms with Crippen LogP contribution in [0, 0.1) is 13.8 Å². The maximum absolute atomic E-state index is 12.4. The van der Waals surface area contributed by atoms with Crippen molar-refractivity contribution in [1.82, 2.24) is 9.78 Å². The average Bonchev–Trinajstić information content (AvgIpc) is 2.59. The fourth-order valence-corrected chi connectivity index (χ4v) is 2.60. The summed E-state index contributed by atoms with van der Waals surface area (Å²) in [7, 11) is 1.80. The smallest absolute Gasteiger partial charge is 0.169 e. The summed E-state index contributed by atoms with van der Waals surface area (Å²) < 4.78 is 2.57. The van der Waals surface area contributed by atoms with Crippen LogP contribution in [-0.4, -0.2) is 15.6 Å². The van der Waals surface area contributed by atoms with Crippen LogP contribution in [0.3, 0.4) is 0 Å². The van der Waals surface area contributed by atoms with Crippen LogP contribution < -0.4 is 0 Å². The molecular formula is C14H14BrClN2O. The number of ketones is 1. The Morgan fingerprint density at radius 2 is 2.11 bits per heavy atom. The van der Waals surface area contributed by atoms with E-state index in [1.54, 1.807) is 11.7 Å². The van der Waals surface area contributed by atoms with E-state index in [9.17, 15) is 4.79 Å². The Morgan fingerprint density at radius 1 is 1.42 bits per heavy atom. The maximum atomic E-state index is 12.4. The third kappa shape index (κ3) is 2.90. The fraction of sp³-hybridized carbons (Fsp3) is 0.286. The van der Waals surface area contributed by atoms with Crippen LogP contribution >= 0.6 is 27.5 Å². The van der Waals surface area contributed by atoms with Gasteiger partial charge in [0.2, 0.25) is 0 Å². The molecule has 0 unspecified atom stereocenters. The van der Waals surface area contributed by atoms with Crippen molar-refractivity contribution in [2.24, 2.45) is 7.05 Å². The van der Waals surface area contributed by atoms with Crippen LogP contribution in [0.1, 0.15) is 27.3 Å². The number of hydrogen-bond donors (Lipinski definition) is 0. The minimum Gasteiger partial charge on any atom is -0.294 e. The molecule has 0 fully saturated rings. The van der Waals surface area contributed by atoms with Gasteiger partial charge in [-0.15, -0.1) is 0 Å². The first-order chi connectivity index (χ1) is 8.90. The first-order valence-electron chi connectivity index (χ1n) is 5.87. The Kier molecular flexibility index (Phi) is 4.11. The Balaban J connectivity index is 2.33. The minimum absolute atomic E-state index is 0.0451. The van der Waals surface area contributed by atoms with Gasteiger partial charge in [-0.05, 0) is 31.5 Å². The molecule has 0 saturated carbocycles. The number of nitrogens with zero attached hydrogens (tertiary/aromatic N) is 2.